The Morgan fingerprint density at radius 3 is 2.74 bits per heavy atom. The van der Waals surface area contributed by atoms with E-state index in [1.54, 1.807) is 35.0 Å². The van der Waals surface area contributed by atoms with Crippen molar-refractivity contribution >= 4 is 61.6 Å². The van der Waals surface area contributed by atoms with Crippen LogP contribution in [0.25, 0.3) is 10.9 Å². The number of nitrogens with one attached hydrogen (secondary N) is 2. The number of carbonyl (C=O) groups is 2. The number of carbonyl (C=O) groups excluding carboxylic acids is 2. The van der Waals surface area contributed by atoms with Crippen LogP contribution < -0.4 is 10.9 Å². The second-order valence-electron chi connectivity index (χ2n) is 4.75. The van der Waals surface area contributed by atoms with E-state index in [1.165, 1.54) is 11.3 Å². The van der Waals surface area contributed by atoms with Crippen molar-refractivity contribution in [3.05, 3.63) is 56.3 Å². The van der Waals surface area contributed by atoms with Crippen molar-refractivity contribution in [3.8, 4) is 0 Å². The molecule has 118 valence electrons. The maximum atomic E-state index is 12.0. The summed E-state index contributed by atoms with van der Waals surface area (Å²) in [6, 6.07) is 10.8. The van der Waals surface area contributed by atoms with E-state index in [4.69, 9.17) is 11.6 Å². The summed E-state index contributed by atoms with van der Waals surface area (Å²) in [5.41, 5.74) is 5.66. The predicted octanol–water partition coefficient (Wildman–Crippen LogP) is 3.58. The minimum absolute atomic E-state index is 0.0816. The molecular formula is C15H11BrClN3O2S. The third-order valence-corrected chi connectivity index (χ3v) is 5.02. The first-order chi connectivity index (χ1) is 11.0. The molecule has 3 aromatic rings. The SMILES string of the molecule is O=C(Cn1ccc2ccc(Cl)cc21)NNC(=O)c1ccc(Br)s1. The first kappa shape index (κ1) is 16.0. The van der Waals surface area contributed by atoms with Gasteiger partial charge in [-0.1, -0.05) is 17.7 Å². The number of hydrazine groups is 1. The molecule has 1 aromatic carbocycles. The Kier molecular flexibility index (Phi) is 4.70. The number of benzene rings is 1. The molecule has 2 heterocycles. The molecular weight excluding hydrogens is 402 g/mol. The molecule has 0 unspecified atom stereocenters. The van der Waals surface area contributed by atoms with Crippen LogP contribution >= 0.6 is 38.9 Å². The predicted molar refractivity (Wildman–Crippen MR) is 94.6 cm³/mol. The van der Waals surface area contributed by atoms with Crippen molar-refractivity contribution in [1.82, 2.24) is 15.4 Å². The van der Waals surface area contributed by atoms with Gasteiger partial charge in [0.05, 0.1) is 8.66 Å². The summed E-state index contributed by atoms with van der Waals surface area (Å²) in [6.45, 7) is 0.0816. The van der Waals surface area contributed by atoms with Gasteiger partial charge in [0, 0.05) is 16.7 Å². The van der Waals surface area contributed by atoms with Crippen molar-refractivity contribution in [2.45, 2.75) is 6.54 Å². The van der Waals surface area contributed by atoms with Crippen LogP contribution in [-0.2, 0) is 11.3 Å². The van der Waals surface area contributed by atoms with Gasteiger partial charge in [0.2, 0.25) is 0 Å². The lowest BCUT2D eigenvalue weighted by molar-refractivity contribution is -0.122. The molecule has 0 radical (unpaired) electrons. The monoisotopic (exact) mass is 411 g/mol. The van der Waals surface area contributed by atoms with Crippen LogP contribution in [0, 0.1) is 0 Å². The molecule has 0 aliphatic heterocycles. The van der Waals surface area contributed by atoms with Gasteiger partial charge in [-0.15, -0.1) is 11.3 Å². The summed E-state index contributed by atoms with van der Waals surface area (Å²) in [7, 11) is 0. The third-order valence-electron chi connectivity index (χ3n) is 3.16. The Morgan fingerprint density at radius 1 is 1.17 bits per heavy atom. The van der Waals surface area contributed by atoms with E-state index in [-0.39, 0.29) is 18.4 Å². The van der Waals surface area contributed by atoms with E-state index in [0.717, 1.165) is 14.7 Å². The number of hydrogen-bond acceptors (Lipinski definition) is 3. The summed E-state index contributed by atoms with van der Waals surface area (Å²) in [6.07, 6.45) is 1.80. The first-order valence-electron chi connectivity index (χ1n) is 6.62. The fourth-order valence-electron chi connectivity index (χ4n) is 2.11. The number of halogens is 2. The Labute approximate surface area is 149 Å². The van der Waals surface area contributed by atoms with Crippen molar-refractivity contribution in [2.75, 3.05) is 0 Å². The van der Waals surface area contributed by atoms with Gasteiger partial charge in [0.25, 0.3) is 11.8 Å². The number of amides is 2. The van der Waals surface area contributed by atoms with Gasteiger partial charge in [-0.3, -0.25) is 20.4 Å². The number of thiophene rings is 1. The Hall–Kier alpha value is -1.83. The molecule has 3 rings (SSSR count). The topological polar surface area (TPSA) is 63.1 Å². The molecule has 0 spiro atoms. The lowest BCUT2D eigenvalue weighted by Crippen LogP contribution is -2.42. The third kappa shape index (κ3) is 3.74. The fourth-order valence-corrected chi connectivity index (χ4v) is 3.56. The minimum Gasteiger partial charge on any atom is -0.338 e. The zero-order valence-corrected chi connectivity index (χ0v) is 14.8. The van der Waals surface area contributed by atoms with Gasteiger partial charge in [-0.05, 0) is 51.6 Å². The Balaban J connectivity index is 1.62. The summed E-state index contributed by atoms with van der Waals surface area (Å²) < 4.78 is 2.62. The molecule has 5 nitrogen and oxygen atoms in total. The van der Waals surface area contributed by atoms with Crippen molar-refractivity contribution in [1.29, 1.82) is 0 Å². The number of fused-ring (bicyclic) bond motifs is 1. The van der Waals surface area contributed by atoms with E-state index >= 15 is 0 Å². The molecule has 0 saturated heterocycles. The molecule has 0 bridgehead atoms. The van der Waals surface area contributed by atoms with Crippen molar-refractivity contribution in [2.24, 2.45) is 0 Å². The van der Waals surface area contributed by atoms with Crippen LogP contribution in [0.1, 0.15) is 9.67 Å². The second kappa shape index (κ2) is 6.74. The number of hydrogen-bond donors (Lipinski definition) is 2. The maximum absolute atomic E-state index is 12.0. The maximum Gasteiger partial charge on any atom is 0.279 e. The molecule has 0 aliphatic carbocycles. The zero-order chi connectivity index (χ0) is 16.4. The first-order valence-corrected chi connectivity index (χ1v) is 8.60. The normalized spacial score (nSPS) is 10.7. The number of nitrogens with zero attached hydrogens (tertiary/aromatic N) is 1. The van der Waals surface area contributed by atoms with E-state index in [0.29, 0.717) is 9.90 Å². The highest BCUT2D eigenvalue weighted by molar-refractivity contribution is 9.11. The van der Waals surface area contributed by atoms with Gasteiger partial charge in [0.1, 0.15) is 6.54 Å². The second-order valence-corrected chi connectivity index (χ2v) is 7.65. The molecule has 2 amide bonds. The van der Waals surface area contributed by atoms with Crippen LogP contribution in [0.15, 0.2) is 46.4 Å². The average molecular weight is 413 g/mol. The van der Waals surface area contributed by atoms with Gasteiger partial charge in [0.15, 0.2) is 0 Å². The van der Waals surface area contributed by atoms with Crippen molar-refractivity contribution in [3.63, 3.8) is 0 Å². The van der Waals surface area contributed by atoms with Crippen LogP contribution in [0.4, 0.5) is 0 Å². The highest BCUT2D eigenvalue weighted by atomic mass is 79.9. The Morgan fingerprint density at radius 2 is 2.00 bits per heavy atom. The molecule has 23 heavy (non-hydrogen) atoms. The standard InChI is InChI=1S/C15H11BrClN3O2S/c16-13-4-3-12(23-13)15(22)19-18-14(21)8-20-6-5-9-1-2-10(17)7-11(9)20/h1-7H,8H2,(H,18,21)(H,19,22). The molecule has 2 aromatic heterocycles. The zero-order valence-electron chi connectivity index (χ0n) is 11.7. The summed E-state index contributed by atoms with van der Waals surface area (Å²) in [5.74, 6) is -0.680. The van der Waals surface area contributed by atoms with Crippen LogP contribution in [0.2, 0.25) is 5.02 Å². The van der Waals surface area contributed by atoms with Crippen LogP contribution in [-0.4, -0.2) is 16.4 Å². The quantitative estimate of drug-likeness (QED) is 0.646. The van der Waals surface area contributed by atoms with Crippen LogP contribution in [0.3, 0.4) is 0 Å². The minimum atomic E-state index is -0.352. The van der Waals surface area contributed by atoms with Crippen molar-refractivity contribution < 1.29 is 9.59 Å². The summed E-state index contributed by atoms with van der Waals surface area (Å²) in [4.78, 5) is 24.4. The average Bonchev–Trinajstić information content (AvgIpc) is 3.12. The lowest BCUT2D eigenvalue weighted by Gasteiger charge is -2.08. The van der Waals surface area contributed by atoms with Gasteiger partial charge < -0.3 is 4.57 Å². The van der Waals surface area contributed by atoms with E-state index in [2.05, 4.69) is 26.8 Å². The highest BCUT2D eigenvalue weighted by Crippen LogP contribution is 2.22. The van der Waals surface area contributed by atoms with E-state index in [1.807, 2.05) is 12.1 Å². The number of aromatic nitrogens is 1. The van der Waals surface area contributed by atoms with E-state index < -0.39 is 0 Å². The van der Waals surface area contributed by atoms with Crippen LogP contribution in [0.5, 0.6) is 0 Å². The molecule has 0 atom stereocenters. The van der Waals surface area contributed by atoms with Gasteiger partial charge in [-0.25, -0.2) is 0 Å². The fraction of sp³-hybridized carbons (Fsp3) is 0.0667. The van der Waals surface area contributed by atoms with Gasteiger partial charge >= 0.3 is 0 Å². The van der Waals surface area contributed by atoms with Gasteiger partial charge in [-0.2, -0.15) is 0 Å². The summed E-state index contributed by atoms with van der Waals surface area (Å²) >= 11 is 10.6. The molecule has 0 saturated carbocycles. The molecule has 0 aliphatic rings. The lowest BCUT2D eigenvalue weighted by atomic mass is 10.2. The molecule has 2 N–H and O–H groups in total. The highest BCUT2D eigenvalue weighted by Gasteiger charge is 2.11. The molecule has 8 heteroatoms. The molecule has 0 fully saturated rings. The number of rotatable bonds is 3. The smallest absolute Gasteiger partial charge is 0.279 e. The largest absolute Gasteiger partial charge is 0.338 e. The Bertz CT molecular complexity index is 890. The summed E-state index contributed by atoms with van der Waals surface area (Å²) in [5, 5.41) is 1.60. The van der Waals surface area contributed by atoms with E-state index in [9.17, 15) is 9.59 Å².